The fraction of sp³-hybridized carbons (Fsp3) is 0.812. The van der Waals surface area contributed by atoms with E-state index in [9.17, 15) is 4.79 Å². The third-order valence-corrected chi connectivity index (χ3v) is 5.01. The Hall–Kier alpha value is -0.790. The molecule has 4 fully saturated rings. The van der Waals surface area contributed by atoms with Crippen LogP contribution in [0.5, 0.6) is 0 Å². The van der Waals surface area contributed by atoms with Crippen molar-refractivity contribution in [1.29, 1.82) is 0 Å². The first-order valence-corrected chi connectivity index (χ1v) is 7.08. The van der Waals surface area contributed by atoms with Crippen LogP contribution in [-0.2, 0) is 9.53 Å². The zero-order valence-electron chi connectivity index (χ0n) is 12.0. The van der Waals surface area contributed by atoms with Crippen LogP contribution >= 0.6 is 0 Å². The summed E-state index contributed by atoms with van der Waals surface area (Å²) >= 11 is 0. The lowest BCUT2D eigenvalue weighted by Gasteiger charge is -2.60. The first-order chi connectivity index (χ1) is 8.38. The minimum atomic E-state index is -0.394. The van der Waals surface area contributed by atoms with Crippen molar-refractivity contribution >= 4 is 5.97 Å². The van der Waals surface area contributed by atoms with E-state index in [1.165, 1.54) is 13.5 Å². The standard InChI is InChI=1S/C12H20.C4H6O2/c1-11-4-9-3-10(5-11)7-12(2,6-9)8-11;1-3-4(5)6-2/h9-10H,3-8H2,1-2H3;3H,1H2,2H3. The summed E-state index contributed by atoms with van der Waals surface area (Å²) in [6.45, 7) is 8.25. The molecule has 2 nitrogen and oxygen atoms in total. The van der Waals surface area contributed by atoms with Crippen LogP contribution in [0.3, 0.4) is 0 Å². The maximum absolute atomic E-state index is 9.84. The molecule has 0 heterocycles. The number of hydrogen-bond donors (Lipinski definition) is 0. The van der Waals surface area contributed by atoms with Gasteiger partial charge < -0.3 is 4.74 Å². The van der Waals surface area contributed by atoms with Crippen LogP contribution in [0.2, 0.25) is 0 Å². The Morgan fingerprint density at radius 1 is 1.17 bits per heavy atom. The second kappa shape index (κ2) is 4.71. The lowest BCUT2D eigenvalue weighted by Crippen LogP contribution is -2.49. The van der Waals surface area contributed by atoms with E-state index in [0.29, 0.717) is 0 Å². The highest BCUT2D eigenvalue weighted by Crippen LogP contribution is 2.64. The van der Waals surface area contributed by atoms with Crippen LogP contribution in [0.15, 0.2) is 12.7 Å². The van der Waals surface area contributed by atoms with E-state index >= 15 is 0 Å². The SMILES string of the molecule is C=CC(=O)OC.CC12CC3CC(C1)CC(C)(C3)C2. The Labute approximate surface area is 111 Å². The highest BCUT2D eigenvalue weighted by Gasteiger charge is 2.53. The van der Waals surface area contributed by atoms with Crippen LogP contribution in [0, 0.1) is 22.7 Å². The summed E-state index contributed by atoms with van der Waals surface area (Å²) in [4.78, 5) is 9.84. The molecule has 0 radical (unpaired) electrons. The molecule has 0 aromatic rings. The number of hydrogen-bond acceptors (Lipinski definition) is 2. The Morgan fingerprint density at radius 2 is 1.61 bits per heavy atom. The second-order valence-electron chi connectivity index (χ2n) is 7.31. The van der Waals surface area contributed by atoms with E-state index in [0.717, 1.165) is 28.7 Å². The molecular weight excluding hydrogens is 224 g/mol. The Balaban J connectivity index is 0.000000174. The van der Waals surface area contributed by atoms with Crippen molar-refractivity contribution in [3.8, 4) is 0 Å². The molecule has 18 heavy (non-hydrogen) atoms. The van der Waals surface area contributed by atoms with E-state index in [-0.39, 0.29) is 0 Å². The quantitative estimate of drug-likeness (QED) is 0.520. The average molecular weight is 250 g/mol. The van der Waals surface area contributed by atoms with Gasteiger partial charge in [-0.3, -0.25) is 0 Å². The largest absolute Gasteiger partial charge is 0.466 e. The Morgan fingerprint density at radius 3 is 1.83 bits per heavy atom. The van der Waals surface area contributed by atoms with Crippen LogP contribution < -0.4 is 0 Å². The fourth-order valence-electron chi connectivity index (χ4n) is 5.31. The lowest BCUT2D eigenvalue weighted by atomic mass is 9.45. The molecule has 4 saturated carbocycles. The lowest BCUT2D eigenvalue weighted by molar-refractivity contribution is -0.134. The predicted octanol–water partition coefficient (Wildman–Crippen LogP) is 3.96. The molecule has 4 bridgehead atoms. The Kier molecular flexibility index (Phi) is 3.57. The second-order valence-corrected chi connectivity index (χ2v) is 7.31. The van der Waals surface area contributed by atoms with Crippen molar-refractivity contribution in [1.82, 2.24) is 0 Å². The summed E-state index contributed by atoms with van der Waals surface area (Å²) in [6.07, 6.45) is 10.4. The van der Waals surface area contributed by atoms with Crippen molar-refractivity contribution in [2.45, 2.75) is 52.4 Å². The molecule has 0 N–H and O–H groups in total. The first kappa shape index (κ1) is 13.6. The minimum Gasteiger partial charge on any atom is -0.466 e. The molecule has 4 rings (SSSR count). The molecule has 0 spiro atoms. The maximum Gasteiger partial charge on any atom is 0.329 e. The zero-order valence-corrected chi connectivity index (χ0v) is 12.0. The van der Waals surface area contributed by atoms with Crippen LogP contribution in [0.1, 0.15) is 52.4 Å². The van der Waals surface area contributed by atoms with Gasteiger partial charge in [0.25, 0.3) is 0 Å². The molecule has 2 heteroatoms. The summed E-state index contributed by atoms with van der Waals surface area (Å²) in [6, 6.07) is 0. The number of esters is 1. The highest BCUT2D eigenvalue weighted by atomic mass is 16.5. The van der Waals surface area contributed by atoms with Crippen LogP contribution in [-0.4, -0.2) is 13.1 Å². The van der Waals surface area contributed by atoms with Crippen LogP contribution in [0.25, 0.3) is 0 Å². The van der Waals surface area contributed by atoms with Gasteiger partial charge in [-0.2, -0.15) is 0 Å². The van der Waals surface area contributed by atoms with Gasteiger partial charge in [-0.1, -0.05) is 20.4 Å². The number of rotatable bonds is 1. The first-order valence-electron chi connectivity index (χ1n) is 7.08. The van der Waals surface area contributed by atoms with Gasteiger partial charge in [-0.25, -0.2) is 4.79 Å². The molecule has 0 saturated heterocycles. The number of carbonyl (C=O) groups is 1. The van der Waals surface area contributed by atoms with E-state index in [2.05, 4.69) is 25.2 Å². The summed E-state index contributed by atoms with van der Waals surface area (Å²) < 4.78 is 4.14. The molecule has 4 aliphatic carbocycles. The van der Waals surface area contributed by atoms with E-state index in [1.54, 1.807) is 32.1 Å². The topological polar surface area (TPSA) is 26.3 Å². The molecule has 4 aliphatic rings. The fourth-order valence-corrected chi connectivity index (χ4v) is 5.31. The Bertz CT molecular complexity index is 311. The van der Waals surface area contributed by atoms with Gasteiger partial charge in [0.05, 0.1) is 7.11 Å². The zero-order chi connectivity index (χ0) is 13.4. The van der Waals surface area contributed by atoms with E-state index in [1.807, 2.05) is 0 Å². The number of carbonyl (C=O) groups excluding carboxylic acids is 1. The van der Waals surface area contributed by atoms with Crippen molar-refractivity contribution in [3.63, 3.8) is 0 Å². The smallest absolute Gasteiger partial charge is 0.329 e. The van der Waals surface area contributed by atoms with Crippen molar-refractivity contribution in [3.05, 3.63) is 12.7 Å². The molecule has 0 aromatic carbocycles. The van der Waals surface area contributed by atoms with Gasteiger partial charge in [0.2, 0.25) is 0 Å². The molecule has 0 atom stereocenters. The van der Waals surface area contributed by atoms with Crippen LogP contribution in [0.4, 0.5) is 0 Å². The molecular formula is C16H26O2. The number of ether oxygens (including phenoxy) is 1. The summed E-state index contributed by atoms with van der Waals surface area (Å²) in [5.74, 6) is 1.83. The normalized spacial score (nSPS) is 43.9. The van der Waals surface area contributed by atoms with Crippen molar-refractivity contribution < 1.29 is 9.53 Å². The summed E-state index contributed by atoms with van der Waals surface area (Å²) in [7, 11) is 1.31. The van der Waals surface area contributed by atoms with Gasteiger partial charge in [-0.15, -0.1) is 0 Å². The summed E-state index contributed by atoms with van der Waals surface area (Å²) in [5.41, 5.74) is 1.53. The molecule has 0 amide bonds. The maximum atomic E-state index is 9.84. The third-order valence-electron chi connectivity index (χ3n) is 5.01. The molecule has 0 unspecified atom stereocenters. The van der Waals surface area contributed by atoms with Gasteiger partial charge in [0.1, 0.15) is 0 Å². The highest BCUT2D eigenvalue weighted by molar-refractivity contribution is 5.80. The third kappa shape index (κ3) is 2.78. The number of methoxy groups -OCH3 is 1. The van der Waals surface area contributed by atoms with Gasteiger partial charge in [0, 0.05) is 6.08 Å². The minimum absolute atomic E-state index is 0.394. The van der Waals surface area contributed by atoms with E-state index < -0.39 is 5.97 Å². The molecule has 0 aromatic heterocycles. The molecule has 0 aliphatic heterocycles. The predicted molar refractivity (Wildman–Crippen MR) is 73.1 cm³/mol. The van der Waals surface area contributed by atoms with Gasteiger partial charge in [0.15, 0.2) is 0 Å². The van der Waals surface area contributed by atoms with Gasteiger partial charge in [-0.05, 0) is 61.2 Å². The monoisotopic (exact) mass is 250 g/mol. The summed E-state index contributed by atoms with van der Waals surface area (Å²) in [5, 5.41) is 0. The molecule has 102 valence electrons. The average Bonchev–Trinajstić information content (AvgIpc) is 2.23. The van der Waals surface area contributed by atoms with Crippen molar-refractivity contribution in [2.75, 3.05) is 7.11 Å². The van der Waals surface area contributed by atoms with E-state index in [4.69, 9.17) is 0 Å². The van der Waals surface area contributed by atoms with Crippen molar-refractivity contribution in [2.24, 2.45) is 22.7 Å². The van der Waals surface area contributed by atoms with Gasteiger partial charge >= 0.3 is 5.97 Å².